The van der Waals surface area contributed by atoms with Gasteiger partial charge in [-0.3, -0.25) is 0 Å². The summed E-state index contributed by atoms with van der Waals surface area (Å²) in [5.74, 6) is -2.19. The van der Waals surface area contributed by atoms with E-state index in [1.807, 2.05) is 0 Å². The topological polar surface area (TPSA) is 76.0 Å². The molecule has 0 saturated carbocycles. The molecule has 0 aliphatic rings. The van der Waals surface area contributed by atoms with Gasteiger partial charge in [0, 0.05) is 0 Å². The number of rotatable bonds is 5. The van der Waals surface area contributed by atoms with Gasteiger partial charge in [-0.1, -0.05) is 35.5 Å². The van der Waals surface area contributed by atoms with E-state index in [-0.39, 0.29) is 5.71 Å². The van der Waals surface area contributed by atoms with Gasteiger partial charge in [-0.15, -0.1) is 0 Å². The first-order valence-corrected chi connectivity index (χ1v) is 4.55. The largest absolute Gasteiger partial charge is 0.477 e. The molecule has 1 atom stereocenters. The van der Waals surface area contributed by atoms with Crippen LogP contribution in [0.4, 0.5) is 0 Å². The van der Waals surface area contributed by atoms with Gasteiger partial charge < -0.3 is 14.7 Å². The van der Waals surface area contributed by atoms with Crippen molar-refractivity contribution < 1.29 is 19.5 Å². The zero-order valence-electron chi connectivity index (χ0n) is 8.66. The summed E-state index contributed by atoms with van der Waals surface area (Å²) in [6.07, 6.45) is 0.529. The second-order valence-electron chi connectivity index (χ2n) is 2.99. The SMILES string of the molecule is CON=C(C(=O)O)C(C=O)c1ccccc1. The number of carbonyl (C=O) groups is 2. The number of hydrogen-bond acceptors (Lipinski definition) is 4. The van der Waals surface area contributed by atoms with E-state index in [0.717, 1.165) is 0 Å². The number of benzene rings is 1. The summed E-state index contributed by atoms with van der Waals surface area (Å²) in [5.41, 5.74) is 0.236. The Morgan fingerprint density at radius 3 is 2.50 bits per heavy atom. The Balaban J connectivity index is 3.11. The lowest BCUT2D eigenvalue weighted by Gasteiger charge is -2.09. The number of nitrogens with zero attached hydrogens (tertiary/aromatic N) is 1. The van der Waals surface area contributed by atoms with E-state index in [1.54, 1.807) is 30.3 Å². The van der Waals surface area contributed by atoms with Crippen LogP contribution in [0.15, 0.2) is 35.5 Å². The quantitative estimate of drug-likeness (QED) is 0.458. The number of carboxylic acid groups (broad SMARTS) is 1. The molecule has 0 fully saturated rings. The van der Waals surface area contributed by atoms with Gasteiger partial charge in [-0.2, -0.15) is 0 Å². The molecule has 0 aliphatic heterocycles. The second-order valence-corrected chi connectivity index (χ2v) is 2.99. The Morgan fingerprint density at radius 2 is 2.06 bits per heavy atom. The molecule has 84 valence electrons. The minimum atomic E-state index is -1.28. The molecule has 0 saturated heterocycles. The summed E-state index contributed by atoms with van der Waals surface area (Å²) in [6.45, 7) is 0. The van der Waals surface area contributed by atoms with Crippen LogP contribution in [-0.4, -0.2) is 30.2 Å². The Labute approximate surface area is 92.3 Å². The molecule has 0 radical (unpaired) electrons. The molecular formula is C11H11NO4. The lowest BCUT2D eigenvalue weighted by Crippen LogP contribution is -2.23. The first-order chi connectivity index (χ1) is 7.70. The highest BCUT2D eigenvalue weighted by atomic mass is 16.6. The predicted molar refractivity (Wildman–Crippen MR) is 57.3 cm³/mol. The van der Waals surface area contributed by atoms with Gasteiger partial charge in [0.05, 0.1) is 5.92 Å². The summed E-state index contributed by atoms with van der Waals surface area (Å²) in [7, 11) is 1.23. The Morgan fingerprint density at radius 1 is 1.44 bits per heavy atom. The molecule has 1 rings (SSSR count). The lowest BCUT2D eigenvalue weighted by molar-refractivity contribution is -0.130. The van der Waals surface area contributed by atoms with Crippen LogP contribution in [0.5, 0.6) is 0 Å². The number of oxime groups is 1. The second kappa shape index (κ2) is 5.65. The zero-order chi connectivity index (χ0) is 12.0. The van der Waals surface area contributed by atoms with Crippen LogP contribution in [-0.2, 0) is 14.4 Å². The van der Waals surface area contributed by atoms with E-state index in [0.29, 0.717) is 11.8 Å². The van der Waals surface area contributed by atoms with Crippen LogP contribution >= 0.6 is 0 Å². The van der Waals surface area contributed by atoms with Crippen molar-refractivity contribution in [2.24, 2.45) is 5.16 Å². The monoisotopic (exact) mass is 221 g/mol. The maximum absolute atomic E-state index is 10.9. The van der Waals surface area contributed by atoms with Crippen molar-refractivity contribution >= 4 is 18.0 Å². The van der Waals surface area contributed by atoms with E-state index >= 15 is 0 Å². The number of aliphatic carboxylic acids is 1. The number of hydrogen-bond donors (Lipinski definition) is 1. The maximum Gasteiger partial charge on any atom is 0.354 e. The molecule has 1 unspecified atom stereocenters. The molecule has 1 aromatic carbocycles. The normalized spacial score (nSPS) is 12.9. The van der Waals surface area contributed by atoms with Crippen LogP contribution in [0, 0.1) is 0 Å². The molecule has 0 heterocycles. The van der Waals surface area contributed by atoms with Crippen molar-refractivity contribution in [1.82, 2.24) is 0 Å². The van der Waals surface area contributed by atoms with Gasteiger partial charge in [0.1, 0.15) is 13.4 Å². The first kappa shape index (κ1) is 11.9. The van der Waals surface area contributed by atoms with E-state index in [9.17, 15) is 9.59 Å². The highest BCUT2D eigenvalue weighted by Crippen LogP contribution is 2.15. The minimum absolute atomic E-state index is 0.330. The summed E-state index contributed by atoms with van der Waals surface area (Å²) in [5, 5.41) is 12.3. The van der Waals surface area contributed by atoms with E-state index in [4.69, 9.17) is 5.11 Å². The molecular weight excluding hydrogens is 210 g/mol. The fraction of sp³-hybridized carbons (Fsp3) is 0.182. The molecule has 0 spiro atoms. The van der Waals surface area contributed by atoms with Crippen molar-refractivity contribution in [3.63, 3.8) is 0 Å². The van der Waals surface area contributed by atoms with Crippen molar-refractivity contribution in [2.45, 2.75) is 5.92 Å². The smallest absolute Gasteiger partial charge is 0.354 e. The first-order valence-electron chi connectivity index (χ1n) is 4.55. The van der Waals surface area contributed by atoms with Crippen molar-refractivity contribution in [2.75, 3.05) is 7.11 Å². The number of aldehydes is 1. The molecule has 5 heteroatoms. The highest BCUT2D eigenvalue weighted by molar-refractivity contribution is 6.40. The van der Waals surface area contributed by atoms with Gasteiger partial charge in [0.25, 0.3) is 0 Å². The van der Waals surface area contributed by atoms with Crippen LogP contribution in [0.25, 0.3) is 0 Å². The zero-order valence-corrected chi connectivity index (χ0v) is 8.66. The molecule has 0 bridgehead atoms. The Bertz CT molecular complexity index is 400. The number of carbonyl (C=O) groups excluding carboxylic acids is 1. The van der Waals surface area contributed by atoms with Gasteiger partial charge in [0.15, 0.2) is 5.71 Å². The van der Waals surface area contributed by atoms with Gasteiger partial charge in [-0.05, 0) is 5.56 Å². The molecule has 0 aromatic heterocycles. The average Bonchev–Trinajstić information content (AvgIpc) is 2.30. The third kappa shape index (κ3) is 2.66. The molecule has 5 nitrogen and oxygen atoms in total. The van der Waals surface area contributed by atoms with Crippen molar-refractivity contribution in [1.29, 1.82) is 0 Å². The summed E-state index contributed by atoms with van der Waals surface area (Å²) >= 11 is 0. The molecule has 1 N–H and O–H groups in total. The lowest BCUT2D eigenvalue weighted by atomic mass is 9.96. The van der Waals surface area contributed by atoms with Gasteiger partial charge in [-0.25, -0.2) is 4.79 Å². The van der Waals surface area contributed by atoms with Gasteiger partial charge >= 0.3 is 5.97 Å². The van der Waals surface area contributed by atoms with Crippen molar-refractivity contribution in [3.05, 3.63) is 35.9 Å². The highest BCUT2D eigenvalue weighted by Gasteiger charge is 2.24. The molecule has 16 heavy (non-hydrogen) atoms. The van der Waals surface area contributed by atoms with Crippen LogP contribution < -0.4 is 0 Å². The average molecular weight is 221 g/mol. The minimum Gasteiger partial charge on any atom is -0.477 e. The third-order valence-corrected chi connectivity index (χ3v) is 2.00. The Kier molecular flexibility index (Phi) is 4.20. The fourth-order valence-electron chi connectivity index (χ4n) is 1.29. The van der Waals surface area contributed by atoms with E-state index in [1.165, 1.54) is 7.11 Å². The van der Waals surface area contributed by atoms with E-state index < -0.39 is 11.9 Å². The van der Waals surface area contributed by atoms with Crippen molar-refractivity contribution in [3.8, 4) is 0 Å². The van der Waals surface area contributed by atoms with Crippen LogP contribution in [0.3, 0.4) is 0 Å². The fourth-order valence-corrected chi connectivity index (χ4v) is 1.29. The van der Waals surface area contributed by atoms with E-state index in [2.05, 4.69) is 9.99 Å². The molecule has 0 amide bonds. The summed E-state index contributed by atoms with van der Waals surface area (Å²) < 4.78 is 0. The standard InChI is InChI=1S/C11H11NO4/c1-16-12-10(11(14)15)9(7-13)8-5-3-2-4-6-8/h2-7,9H,1H3,(H,14,15). The number of carboxylic acids is 1. The van der Waals surface area contributed by atoms with Crippen LogP contribution in [0.1, 0.15) is 11.5 Å². The summed E-state index contributed by atoms with van der Waals surface area (Å²) in [4.78, 5) is 26.2. The van der Waals surface area contributed by atoms with Gasteiger partial charge in [0.2, 0.25) is 0 Å². The maximum atomic E-state index is 10.9. The van der Waals surface area contributed by atoms with Crippen LogP contribution in [0.2, 0.25) is 0 Å². The molecule has 1 aromatic rings. The molecule has 0 aliphatic carbocycles. The Hall–Kier alpha value is -2.17. The third-order valence-electron chi connectivity index (χ3n) is 2.00. The predicted octanol–water partition coefficient (Wildman–Crippen LogP) is 1.06. The summed E-state index contributed by atoms with van der Waals surface area (Å²) in [6, 6.07) is 8.54.